The van der Waals surface area contributed by atoms with Crippen molar-refractivity contribution in [2.75, 3.05) is 19.6 Å². The fourth-order valence-corrected chi connectivity index (χ4v) is 2.39. The molecule has 1 atom stereocenters. The zero-order valence-corrected chi connectivity index (χ0v) is 9.60. The van der Waals surface area contributed by atoms with E-state index in [9.17, 15) is 5.11 Å². The number of phenols is 1. The quantitative estimate of drug-likeness (QED) is 0.809. The summed E-state index contributed by atoms with van der Waals surface area (Å²) in [7, 11) is 0. The minimum atomic E-state index is 0.339. The van der Waals surface area contributed by atoms with Gasteiger partial charge in [-0.05, 0) is 49.5 Å². The van der Waals surface area contributed by atoms with E-state index in [2.05, 4.69) is 4.90 Å². The zero-order chi connectivity index (χ0) is 11.4. The van der Waals surface area contributed by atoms with Crippen molar-refractivity contribution in [3.63, 3.8) is 0 Å². The van der Waals surface area contributed by atoms with Crippen LogP contribution >= 0.6 is 0 Å². The lowest BCUT2D eigenvalue weighted by Crippen LogP contribution is -2.20. The third-order valence-corrected chi connectivity index (χ3v) is 3.29. The van der Waals surface area contributed by atoms with Gasteiger partial charge in [0.05, 0.1) is 0 Å². The predicted octanol–water partition coefficient (Wildman–Crippen LogP) is 1.56. The Labute approximate surface area is 96.9 Å². The molecule has 88 valence electrons. The molecule has 0 bridgehead atoms. The highest BCUT2D eigenvalue weighted by molar-refractivity contribution is 5.25. The van der Waals surface area contributed by atoms with Gasteiger partial charge >= 0.3 is 0 Å². The first-order valence-electron chi connectivity index (χ1n) is 5.98. The Morgan fingerprint density at radius 1 is 1.31 bits per heavy atom. The van der Waals surface area contributed by atoms with Crippen LogP contribution in [0.4, 0.5) is 0 Å². The molecule has 1 aliphatic heterocycles. The number of benzene rings is 1. The van der Waals surface area contributed by atoms with Gasteiger partial charge in [0.15, 0.2) is 0 Å². The second kappa shape index (κ2) is 5.32. The van der Waals surface area contributed by atoms with Crippen molar-refractivity contribution >= 4 is 0 Å². The summed E-state index contributed by atoms with van der Waals surface area (Å²) in [4.78, 5) is 2.46. The Bertz CT molecular complexity index is 323. The van der Waals surface area contributed by atoms with Gasteiger partial charge in [0, 0.05) is 13.1 Å². The normalized spacial score (nSPS) is 21.4. The maximum absolute atomic E-state index is 9.20. The SMILES string of the molecule is NCCC1CCN(Cc2ccc(O)cc2)C1. The molecule has 3 nitrogen and oxygen atoms in total. The molecule has 1 heterocycles. The van der Waals surface area contributed by atoms with Crippen LogP contribution < -0.4 is 5.73 Å². The van der Waals surface area contributed by atoms with E-state index in [0.29, 0.717) is 5.75 Å². The van der Waals surface area contributed by atoms with Crippen LogP contribution in [0.3, 0.4) is 0 Å². The summed E-state index contributed by atoms with van der Waals surface area (Å²) in [6.45, 7) is 4.13. The van der Waals surface area contributed by atoms with Crippen molar-refractivity contribution in [2.24, 2.45) is 11.7 Å². The highest BCUT2D eigenvalue weighted by atomic mass is 16.3. The molecule has 0 amide bonds. The average molecular weight is 220 g/mol. The van der Waals surface area contributed by atoms with Gasteiger partial charge in [0.2, 0.25) is 0 Å². The molecule has 0 saturated carbocycles. The molecule has 1 aromatic carbocycles. The monoisotopic (exact) mass is 220 g/mol. The lowest BCUT2D eigenvalue weighted by atomic mass is 10.1. The number of nitrogens with two attached hydrogens (primary N) is 1. The van der Waals surface area contributed by atoms with Gasteiger partial charge < -0.3 is 10.8 Å². The Kier molecular flexibility index (Phi) is 3.80. The molecule has 0 aromatic heterocycles. The Balaban J connectivity index is 1.84. The first-order chi connectivity index (χ1) is 7.78. The minimum Gasteiger partial charge on any atom is -0.508 e. The number of rotatable bonds is 4. The molecule has 1 aromatic rings. The highest BCUT2D eigenvalue weighted by Gasteiger charge is 2.21. The zero-order valence-electron chi connectivity index (χ0n) is 9.60. The average Bonchev–Trinajstić information content (AvgIpc) is 2.70. The minimum absolute atomic E-state index is 0.339. The summed E-state index contributed by atoms with van der Waals surface area (Å²) in [5, 5.41) is 9.20. The van der Waals surface area contributed by atoms with Crippen LogP contribution in [0.5, 0.6) is 5.75 Å². The van der Waals surface area contributed by atoms with Gasteiger partial charge in [-0.3, -0.25) is 4.90 Å². The van der Waals surface area contributed by atoms with Gasteiger partial charge in [-0.15, -0.1) is 0 Å². The smallest absolute Gasteiger partial charge is 0.115 e. The molecule has 0 spiro atoms. The van der Waals surface area contributed by atoms with E-state index < -0.39 is 0 Å². The number of nitrogens with zero attached hydrogens (tertiary/aromatic N) is 1. The van der Waals surface area contributed by atoms with E-state index in [1.165, 1.54) is 18.5 Å². The molecule has 0 aliphatic carbocycles. The number of hydrogen-bond acceptors (Lipinski definition) is 3. The molecule has 16 heavy (non-hydrogen) atoms. The summed E-state index contributed by atoms with van der Waals surface area (Å²) >= 11 is 0. The molecule has 1 aliphatic rings. The van der Waals surface area contributed by atoms with E-state index in [1.54, 1.807) is 12.1 Å². The van der Waals surface area contributed by atoms with Crippen molar-refractivity contribution in [1.29, 1.82) is 0 Å². The van der Waals surface area contributed by atoms with Crippen LogP contribution in [0.2, 0.25) is 0 Å². The number of hydrogen-bond donors (Lipinski definition) is 2. The third kappa shape index (κ3) is 2.97. The van der Waals surface area contributed by atoms with Crippen LogP contribution in [0, 0.1) is 5.92 Å². The van der Waals surface area contributed by atoms with Gasteiger partial charge in [-0.1, -0.05) is 12.1 Å². The first kappa shape index (κ1) is 11.4. The van der Waals surface area contributed by atoms with Crippen LogP contribution in [0.25, 0.3) is 0 Å². The summed E-state index contributed by atoms with van der Waals surface area (Å²) in [5.41, 5.74) is 6.85. The van der Waals surface area contributed by atoms with Crippen molar-refractivity contribution < 1.29 is 5.11 Å². The van der Waals surface area contributed by atoms with Crippen molar-refractivity contribution in [2.45, 2.75) is 19.4 Å². The second-order valence-electron chi connectivity index (χ2n) is 4.63. The summed E-state index contributed by atoms with van der Waals surface area (Å²) in [6.07, 6.45) is 2.42. The van der Waals surface area contributed by atoms with Crippen LogP contribution in [-0.2, 0) is 6.54 Å². The van der Waals surface area contributed by atoms with E-state index in [-0.39, 0.29) is 0 Å². The molecular formula is C13H20N2O. The molecular weight excluding hydrogens is 200 g/mol. The molecule has 3 N–H and O–H groups in total. The van der Waals surface area contributed by atoms with Gasteiger partial charge in [0.25, 0.3) is 0 Å². The third-order valence-electron chi connectivity index (χ3n) is 3.29. The van der Waals surface area contributed by atoms with Crippen molar-refractivity contribution in [3.8, 4) is 5.75 Å². The maximum Gasteiger partial charge on any atom is 0.115 e. The van der Waals surface area contributed by atoms with E-state index in [0.717, 1.165) is 32.0 Å². The van der Waals surface area contributed by atoms with Crippen molar-refractivity contribution in [1.82, 2.24) is 4.90 Å². The highest BCUT2D eigenvalue weighted by Crippen LogP contribution is 2.21. The molecule has 1 unspecified atom stereocenters. The number of aromatic hydroxyl groups is 1. The Hall–Kier alpha value is -1.06. The predicted molar refractivity (Wildman–Crippen MR) is 65.2 cm³/mol. The second-order valence-corrected chi connectivity index (χ2v) is 4.63. The molecule has 2 rings (SSSR count). The molecule has 0 radical (unpaired) electrons. The first-order valence-corrected chi connectivity index (χ1v) is 5.98. The Morgan fingerprint density at radius 3 is 2.75 bits per heavy atom. The topological polar surface area (TPSA) is 49.5 Å². The van der Waals surface area contributed by atoms with E-state index in [1.807, 2.05) is 12.1 Å². The number of phenolic OH excluding ortho intramolecular Hbond substituents is 1. The standard InChI is InChI=1S/C13H20N2O/c14-7-5-12-6-8-15(10-12)9-11-1-3-13(16)4-2-11/h1-4,12,16H,5-10,14H2. The molecule has 3 heteroatoms. The maximum atomic E-state index is 9.20. The van der Waals surface area contributed by atoms with Crippen molar-refractivity contribution in [3.05, 3.63) is 29.8 Å². The Morgan fingerprint density at radius 2 is 2.06 bits per heavy atom. The summed E-state index contributed by atoms with van der Waals surface area (Å²) < 4.78 is 0. The molecule has 1 fully saturated rings. The van der Waals surface area contributed by atoms with Gasteiger partial charge in [-0.2, -0.15) is 0 Å². The van der Waals surface area contributed by atoms with Gasteiger partial charge in [0.1, 0.15) is 5.75 Å². The lowest BCUT2D eigenvalue weighted by Gasteiger charge is -2.15. The van der Waals surface area contributed by atoms with E-state index in [4.69, 9.17) is 5.73 Å². The fourth-order valence-electron chi connectivity index (χ4n) is 2.39. The van der Waals surface area contributed by atoms with Crippen LogP contribution in [-0.4, -0.2) is 29.6 Å². The van der Waals surface area contributed by atoms with E-state index >= 15 is 0 Å². The molecule has 1 saturated heterocycles. The lowest BCUT2D eigenvalue weighted by molar-refractivity contribution is 0.314. The largest absolute Gasteiger partial charge is 0.508 e. The number of likely N-dealkylation sites (tertiary alicyclic amines) is 1. The summed E-state index contributed by atoms with van der Waals surface area (Å²) in [5.74, 6) is 1.12. The summed E-state index contributed by atoms with van der Waals surface area (Å²) in [6, 6.07) is 7.49. The fraction of sp³-hybridized carbons (Fsp3) is 0.538. The van der Waals surface area contributed by atoms with Crippen LogP contribution in [0.1, 0.15) is 18.4 Å². The van der Waals surface area contributed by atoms with Crippen LogP contribution in [0.15, 0.2) is 24.3 Å². The van der Waals surface area contributed by atoms with Gasteiger partial charge in [-0.25, -0.2) is 0 Å².